The number of hydrogen-bond acceptors (Lipinski definition) is 7. The fourth-order valence-electron chi connectivity index (χ4n) is 2.33. The first-order valence-corrected chi connectivity index (χ1v) is 8.99. The van der Waals surface area contributed by atoms with Crippen LogP contribution in [0.2, 0.25) is 0 Å². The van der Waals surface area contributed by atoms with Crippen LogP contribution >= 0.6 is 0 Å². The van der Waals surface area contributed by atoms with Gasteiger partial charge < -0.3 is 35.0 Å². The Morgan fingerprint density at radius 2 is 1.75 bits per heavy atom. The normalized spacial score (nSPS) is 29.1. The van der Waals surface area contributed by atoms with E-state index < -0.39 is 49.5 Å². The second-order valence-corrected chi connectivity index (χ2v) is 6.12. The van der Waals surface area contributed by atoms with Crippen LogP contribution in [0.25, 0.3) is 0 Å². The molecule has 0 spiro atoms. The van der Waals surface area contributed by atoms with Crippen LogP contribution in [0.1, 0.15) is 19.3 Å². The van der Waals surface area contributed by atoms with E-state index in [1.807, 2.05) is 12.2 Å². The molecule has 0 aromatic carbocycles. The van der Waals surface area contributed by atoms with E-state index in [1.54, 1.807) is 6.08 Å². The van der Waals surface area contributed by atoms with Gasteiger partial charge in [0.1, 0.15) is 36.6 Å². The summed E-state index contributed by atoms with van der Waals surface area (Å²) in [7, 11) is 0. The predicted octanol–water partition coefficient (Wildman–Crippen LogP) is -0.362. The Kier molecular flexibility index (Phi) is 11.4. The fraction of sp³-hybridized carbons (Fsp3) is 0.524. The summed E-state index contributed by atoms with van der Waals surface area (Å²) in [6.45, 7) is 6.50. The molecule has 5 N–H and O–H groups in total. The number of ether oxygens (including phenoxy) is 2. The summed E-state index contributed by atoms with van der Waals surface area (Å²) >= 11 is 0. The zero-order valence-electron chi connectivity index (χ0n) is 15.6. The zero-order chi connectivity index (χ0) is 20.9. The number of hydrogen-bond donors (Lipinski definition) is 5. The van der Waals surface area contributed by atoms with Gasteiger partial charge in [-0.2, -0.15) is 0 Å². The van der Waals surface area contributed by atoms with Crippen LogP contribution in [0.15, 0.2) is 37.5 Å². The number of unbranched alkanes of at least 4 members (excludes halogenated alkanes) is 2. The molecule has 1 aliphatic rings. The third-order valence-electron chi connectivity index (χ3n) is 3.94. The molecule has 7 atom stereocenters. The zero-order valence-corrected chi connectivity index (χ0v) is 15.6. The van der Waals surface area contributed by atoms with Gasteiger partial charge in [0.2, 0.25) is 0 Å². The van der Waals surface area contributed by atoms with Crippen molar-refractivity contribution in [3.05, 3.63) is 37.5 Å². The van der Waals surface area contributed by atoms with Gasteiger partial charge >= 0.3 is 0 Å². The molecule has 1 rings (SSSR count). The number of aliphatic hydroxyl groups is 5. The van der Waals surface area contributed by atoms with Crippen LogP contribution in [-0.2, 0) is 9.47 Å². The number of allylic oxidation sites excluding steroid dienone is 2. The van der Waals surface area contributed by atoms with Crippen molar-refractivity contribution < 1.29 is 35.0 Å². The Balaban J connectivity index is 2.87. The average molecular weight is 392 g/mol. The highest BCUT2D eigenvalue weighted by atomic mass is 16.7. The van der Waals surface area contributed by atoms with Crippen molar-refractivity contribution in [1.29, 1.82) is 0 Å². The van der Waals surface area contributed by atoms with Crippen LogP contribution in [0, 0.1) is 23.7 Å². The van der Waals surface area contributed by atoms with Gasteiger partial charge in [-0.05, 0) is 37.2 Å². The van der Waals surface area contributed by atoms with E-state index in [1.165, 1.54) is 6.08 Å². The molecule has 0 bridgehead atoms. The average Bonchev–Trinajstić information content (AvgIpc) is 2.70. The smallest absolute Gasteiger partial charge is 0.188 e. The van der Waals surface area contributed by atoms with Crippen molar-refractivity contribution >= 4 is 0 Å². The molecule has 0 aliphatic carbocycles. The highest BCUT2D eigenvalue weighted by Gasteiger charge is 2.44. The van der Waals surface area contributed by atoms with Crippen molar-refractivity contribution in [2.24, 2.45) is 0 Å². The quantitative estimate of drug-likeness (QED) is 0.206. The lowest BCUT2D eigenvalue weighted by molar-refractivity contribution is -0.303. The topological polar surface area (TPSA) is 120 Å². The third-order valence-corrected chi connectivity index (χ3v) is 3.94. The van der Waals surface area contributed by atoms with Crippen LogP contribution in [0.3, 0.4) is 0 Å². The van der Waals surface area contributed by atoms with Crippen molar-refractivity contribution in [3.8, 4) is 23.7 Å². The standard InChI is InChI=1S/C21H28O7/c1-3-5-6-7-8-12-16(13-10-9-11-15(23)4-2)27-21-20(26)19(25)18(24)17(14-22)28-21/h3-4,8,12,15-26H,1-2,5-7,14H2/b12-8-/t15-,16-,17+,18+,19-,20+,21+/m0/s1. The minimum absolute atomic E-state index is 0.552. The summed E-state index contributed by atoms with van der Waals surface area (Å²) in [5, 5.41) is 48.4. The molecule has 28 heavy (non-hydrogen) atoms. The van der Waals surface area contributed by atoms with Crippen LogP contribution in [0.5, 0.6) is 0 Å². The lowest BCUT2D eigenvalue weighted by atomic mass is 9.99. The molecule has 1 aliphatic heterocycles. The summed E-state index contributed by atoms with van der Waals surface area (Å²) in [4.78, 5) is 0. The molecule has 7 heteroatoms. The van der Waals surface area contributed by atoms with Gasteiger partial charge in [0, 0.05) is 0 Å². The van der Waals surface area contributed by atoms with Crippen LogP contribution in [-0.4, -0.2) is 75.1 Å². The first-order chi connectivity index (χ1) is 13.4. The van der Waals surface area contributed by atoms with Gasteiger partial charge in [0.25, 0.3) is 0 Å². The van der Waals surface area contributed by atoms with E-state index in [4.69, 9.17) is 9.47 Å². The molecule has 0 amide bonds. The Labute approximate surface area is 165 Å². The lowest BCUT2D eigenvalue weighted by Gasteiger charge is -2.40. The monoisotopic (exact) mass is 392 g/mol. The third kappa shape index (κ3) is 7.97. The van der Waals surface area contributed by atoms with Gasteiger partial charge in [-0.1, -0.05) is 36.6 Å². The minimum Gasteiger partial charge on any atom is -0.394 e. The number of aliphatic hydroxyl groups excluding tert-OH is 5. The Morgan fingerprint density at radius 1 is 1.04 bits per heavy atom. The van der Waals surface area contributed by atoms with E-state index in [-0.39, 0.29) is 0 Å². The van der Waals surface area contributed by atoms with Crippen LogP contribution < -0.4 is 0 Å². The van der Waals surface area contributed by atoms with E-state index in [9.17, 15) is 25.5 Å². The maximum Gasteiger partial charge on any atom is 0.188 e. The Bertz CT molecular complexity index is 635. The summed E-state index contributed by atoms with van der Waals surface area (Å²) < 4.78 is 10.9. The van der Waals surface area contributed by atoms with Crippen molar-refractivity contribution in [3.63, 3.8) is 0 Å². The summed E-state index contributed by atoms with van der Waals surface area (Å²) in [6.07, 6.45) is 0.352. The maximum atomic E-state index is 10.1. The first-order valence-electron chi connectivity index (χ1n) is 8.99. The van der Waals surface area contributed by atoms with E-state index in [0.717, 1.165) is 19.3 Å². The highest BCUT2D eigenvalue weighted by Crippen LogP contribution is 2.23. The number of rotatable bonds is 9. The molecule has 154 valence electrons. The van der Waals surface area contributed by atoms with Gasteiger partial charge in [0.05, 0.1) is 6.61 Å². The van der Waals surface area contributed by atoms with Gasteiger partial charge in [-0.3, -0.25) is 0 Å². The van der Waals surface area contributed by atoms with Crippen molar-refractivity contribution in [1.82, 2.24) is 0 Å². The second kappa shape index (κ2) is 13.3. The summed E-state index contributed by atoms with van der Waals surface area (Å²) in [5.74, 6) is 10.2. The first kappa shape index (κ1) is 24.1. The molecule has 7 nitrogen and oxygen atoms in total. The SMILES string of the molecule is C=CCCC/C=C\[C@@H](C#CC#C[C@@H](O)C=C)O[C@@H]1O[C@H](CO)[C@@H](O)[C@H](O)[C@H]1O. The molecular formula is C21H28O7. The maximum absolute atomic E-state index is 10.1. The highest BCUT2D eigenvalue weighted by molar-refractivity contribution is 5.31. The second-order valence-electron chi connectivity index (χ2n) is 6.12. The van der Waals surface area contributed by atoms with E-state index >= 15 is 0 Å². The summed E-state index contributed by atoms with van der Waals surface area (Å²) in [5.41, 5.74) is 0. The summed E-state index contributed by atoms with van der Waals surface area (Å²) in [6, 6.07) is 0. The molecule has 1 heterocycles. The van der Waals surface area contributed by atoms with Gasteiger partial charge in [-0.15, -0.1) is 6.58 Å². The molecule has 0 aromatic heterocycles. The fourth-order valence-corrected chi connectivity index (χ4v) is 2.33. The molecule has 0 saturated carbocycles. The lowest BCUT2D eigenvalue weighted by Crippen LogP contribution is -2.59. The predicted molar refractivity (Wildman–Crippen MR) is 104 cm³/mol. The molecule has 0 unspecified atom stereocenters. The van der Waals surface area contributed by atoms with Crippen molar-refractivity contribution in [2.75, 3.05) is 6.61 Å². The molecule has 1 saturated heterocycles. The van der Waals surface area contributed by atoms with Gasteiger partial charge in [0.15, 0.2) is 6.29 Å². The van der Waals surface area contributed by atoms with Crippen molar-refractivity contribution in [2.45, 2.75) is 62.2 Å². The molecule has 0 aromatic rings. The van der Waals surface area contributed by atoms with Gasteiger partial charge in [-0.25, -0.2) is 0 Å². The Hall–Kier alpha value is -1.94. The molecule has 0 radical (unpaired) electrons. The van der Waals surface area contributed by atoms with E-state index in [2.05, 4.69) is 36.8 Å². The Morgan fingerprint density at radius 3 is 2.39 bits per heavy atom. The largest absolute Gasteiger partial charge is 0.394 e. The van der Waals surface area contributed by atoms with E-state index in [0.29, 0.717) is 0 Å². The van der Waals surface area contributed by atoms with Crippen LogP contribution in [0.4, 0.5) is 0 Å². The molecular weight excluding hydrogens is 364 g/mol. The minimum atomic E-state index is -1.54. The molecule has 1 fully saturated rings.